The van der Waals surface area contributed by atoms with Crippen molar-refractivity contribution in [3.8, 4) is 5.75 Å². The van der Waals surface area contributed by atoms with E-state index in [0.717, 1.165) is 12.0 Å². The van der Waals surface area contributed by atoms with Crippen LogP contribution in [0.15, 0.2) is 23.1 Å². The van der Waals surface area contributed by atoms with Crippen LogP contribution < -0.4 is 4.74 Å². The number of ether oxygens (including phenoxy) is 1. The molecule has 0 fully saturated rings. The summed E-state index contributed by atoms with van der Waals surface area (Å²) >= 11 is 0. The molecular weight excluding hydrogens is 274 g/mol. The third-order valence-corrected chi connectivity index (χ3v) is 5.48. The van der Waals surface area contributed by atoms with Crippen molar-refractivity contribution in [3.63, 3.8) is 0 Å². The van der Waals surface area contributed by atoms with Crippen molar-refractivity contribution in [2.24, 2.45) is 0 Å². The van der Waals surface area contributed by atoms with Crippen LogP contribution in [0.1, 0.15) is 40.2 Å². The molecule has 1 aromatic rings. The standard InChI is InChI=1S/C15H25NO3S/c1-7-13-8-9-14(19-6)15(10-13)20(17,18)16(11(2)3)12(4)5/h8-12H,7H2,1-6H3. The van der Waals surface area contributed by atoms with Crippen LogP contribution >= 0.6 is 0 Å². The third-order valence-electron chi connectivity index (χ3n) is 3.21. The Hall–Kier alpha value is -1.07. The highest BCUT2D eigenvalue weighted by Gasteiger charge is 2.32. The second kappa shape index (κ2) is 6.59. The number of methoxy groups -OCH3 is 1. The molecule has 114 valence electrons. The average molecular weight is 299 g/mol. The Balaban J connectivity index is 3.47. The normalized spacial score (nSPS) is 12.4. The summed E-state index contributed by atoms with van der Waals surface area (Å²) in [6, 6.07) is 5.13. The number of nitrogens with zero attached hydrogens (tertiary/aromatic N) is 1. The Kier molecular flexibility index (Phi) is 5.59. The molecule has 0 bridgehead atoms. The number of rotatable bonds is 6. The van der Waals surface area contributed by atoms with E-state index < -0.39 is 10.0 Å². The quantitative estimate of drug-likeness (QED) is 0.811. The van der Waals surface area contributed by atoms with Crippen LogP contribution in [0.25, 0.3) is 0 Å². The molecular formula is C15H25NO3S. The summed E-state index contributed by atoms with van der Waals surface area (Å²) in [5.74, 6) is 0.397. The molecule has 0 N–H and O–H groups in total. The Morgan fingerprint density at radius 3 is 2.10 bits per heavy atom. The Bertz CT molecular complexity index is 542. The number of hydrogen-bond acceptors (Lipinski definition) is 3. The molecule has 0 saturated heterocycles. The molecule has 0 atom stereocenters. The van der Waals surface area contributed by atoms with Gasteiger partial charge in [0.25, 0.3) is 0 Å². The van der Waals surface area contributed by atoms with Gasteiger partial charge in [0.1, 0.15) is 10.6 Å². The smallest absolute Gasteiger partial charge is 0.247 e. The molecule has 0 aromatic heterocycles. The fraction of sp³-hybridized carbons (Fsp3) is 0.600. The van der Waals surface area contributed by atoms with Crippen LogP contribution in [0, 0.1) is 0 Å². The summed E-state index contributed by atoms with van der Waals surface area (Å²) < 4.78 is 32.6. The number of sulfonamides is 1. The lowest BCUT2D eigenvalue weighted by Crippen LogP contribution is -2.42. The van der Waals surface area contributed by atoms with Gasteiger partial charge in [-0.15, -0.1) is 0 Å². The zero-order chi connectivity index (χ0) is 15.5. The molecule has 0 aliphatic rings. The van der Waals surface area contributed by atoms with Gasteiger partial charge in [0.15, 0.2) is 0 Å². The molecule has 1 aromatic carbocycles. The van der Waals surface area contributed by atoms with Crippen molar-refractivity contribution in [2.75, 3.05) is 7.11 Å². The Morgan fingerprint density at radius 1 is 1.15 bits per heavy atom. The van der Waals surface area contributed by atoms with Crippen LogP contribution in [0.5, 0.6) is 5.75 Å². The summed E-state index contributed by atoms with van der Waals surface area (Å²) in [5.41, 5.74) is 0.983. The van der Waals surface area contributed by atoms with Gasteiger partial charge in [0.05, 0.1) is 7.11 Å². The number of hydrogen-bond donors (Lipinski definition) is 0. The lowest BCUT2D eigenvalue weighted by atomic mass is 10.2. The van der Waals surface area contributed by atoms with E-state index in [0.29, 0.717) is 5.75 Å². The molecule has 4 nitrogen and oxygen atoms in total. The van der Waals surface area contributed by atoms with E-state index in [1.807, 2.05) is 40.7 Å². The van der Waals surface area contributed by atoms with Crippen molar-refractivity contribution in [1.29, 1.82) is 0 Å². The minimum Gasteiger partial charge on any atom is -0.495 e. The first-order valence-electron chi connectivity index (χ1n) is 6.96. The zero-order valence-electron chi connectivity index (χ0n) is 13.2. The highest BCUT2D eigenvalue weighted by Crippen LogP contribution is 2.30. The molecule has 0 heterocycles. The molecule has 5 heteroatoms. The van der Waals surface area contributed by atoms with Gasteiger partial charge >= 0.3 is 0 Å². The van der Waals surface area contributed by atoms with Gasteiger partial charge in [-0.25, -0.2) is 8.42 Å². The Labute approximate surface area is 122 Å². The van der Waals surface area contributed by atoms with E-state index in [-0.39, 0.29) is 17.0 Å². The van der Waals surface area contributed by atoms with E-state index in [9.17, 15) is 8.42 Å². The van der Waals surface area contributed by atoms with Gasteiger partial charge in [-0.05, 0) is 51.8 Å². The van der Waals surface area contributed by atoms with Crippen LogP contribution in [0.4, 0.5) is 0 Å². The fourth-order valence-corrected chi connectivity index (χ4v) is 4.45. The molecule has 0 aliphatic carbocycles. The first kappa shape index (κ1) is 17.0. The molecule has 0 unspecified atom stereocenters. The summed E-state index contributed by atoms with van der Waals surface area (Å²) in [4.78, 5) is 0.252. The molecule has 0 amide bonds. The number of benzene rings is 1. The molecule has 0 aliphatic heterocycles. The summed E-state index contributed by atoms with van der Waals surface area (Å²) in [7, 11) is -2.07. The van der Waals surface area contributed by atoms with Crippen molar-refractivity contribution < 1.29 is 13.2 Å². The SMILES string of the molecule is CCc1ccc(OC)c(S(=O)(=O)N(C(C)C)C(C)C)c1. The lowest BCUT2D eigenvalue weighted by Gasteiger charge is -2.30. The first-order chi connectivity index (χ1) is 9.25. The van der Waals surface area contributed by atoms with Crippen molar-refractivity contribution in [3.05, 3.63) is 23.8 Å². The highest BCUT2D eigenvalue weighted by atomic mass is 32.2. The van der Waals surface area contributed by atoms with Crippen LogP contribution in [-0.4, -0.2) is 31.9 Å². The van der Waals surface area contributed by atoms with Gasteiger partial charge < -0.3 is 4.74 Å². The fourth-order valence-electron chi connectivity index (χ4n) is 2.41. The average Bonchev–Trinajstić information content (AvgIpc) is 2.36. The number of aryl methyl sites for hydroxylation is 1. The van der Waals surface area contributed by atoms with E-state index in [4.69, 9.17) is 4.74 Å². The lowest BCUT2D eigenvalue weighted by molar-refractivity contribution is 0.300. The van der Waals surface area contributed by atoms with Gasteiger partial charge in [0, 0.05) is 12.1 Å². The highest BCUT2D eigenvalue weighted by molar-refractivity contribution is 7.89. The van der Waals surface area contributed by atoms with Crippen LogP contribution in [0.3, 0.4) is 0 Å². The van der Waals surface area contributed by atoms with E-state index >= 15 is 0 Å². The maximum Gasteiger partial charge on any atom is 0.247 e. The van der Waals surface area contributed by atoms with Crippen molar-refractivity contribution >= 4 is 10.0 Å². The first-order valence-corrected chi connectivity index (χ1v) is 8.40. The largest absolute Gasteiger partial charge is 0.495 e. The summed E-state index contributed by atoms with van der Waals surface area (Å²) in [5, 5.41) is 0. The van der Waals surface area contributed by atoms with Crippen LogP contribution in [-0.2, 0) is 16.4 Å². The molecule has 0 radical (unpaired) electrons. The summed E-state index contributed by atoms with van der Waals surface area (Å²) in [6.07, 6.45) is 0.788. The van der Waals surface area contributed by atoms with Gasteiger partial charge in [-0.3, -0.25) is 0 Å². The minimum absolute atomic E-state index is 0.102. The zero-order valence-corrected chi connectivity index (χ0v) is 14.0. The molecule has 0 spiro atoms. The minimum atomic E-state index is -3.57. The second-order valence-electron chi connectivity index (χ2n) is 5.36. The maximum atomic E-state index is 12.9. The molecule has 20 heavy (non-hydrogen) atoms. The topological polar surface area (TPSA) is 46.6 Å². The molecule has 0 saturated carbocycles. The molecule has 1 rings (SSSR count). The van der Waals surface area contributed by atoms with E-state index in [1.54, 1.807) is 12.1 Å². The van der Waals surface area contributed by atoms with Crippen LogP contribution in [0.2, 0.25) is 0 Å². The second-order valence-corrected chi connectivity index (χ2v) is 7.17. The van der Waals surface area contributed by atoms with Gasteiger partial charge in [0.2, 0.25) is 10.0 Å². The maximum absolute atomic E-state index is 12.9. The van der Waals surface area contributed by atoms with E-state index in [1.165, 1.54) is 11.4 Å². The summed E-state index contributed by atoms with van der Waals surface area (Å²) in [6.45, 7) is 9.53. The monoisotopic (exact) mass is 299 g/mol. The van der Waals surface area contributed by atoms with Gasteiger partial charge in [-0.1, -0.05) is 13.0 Å². The van der Waals surface area contributed by atoms with Gasteiger partial charge in [-0.2, -0.15) is 4.31 Å². The van der Waals surface area contributed by atoms with E-state index in [2.05, 4.69) is 0 Å². The third kappa shape index (κ3) is 3.33. The predicted octanol–water partition coefficient (Wildman–Crippen LogP) is 3.07. The van der Waals surface area contributed by atoms with Crippen molar-refractivity contribution in [1.82, 2.24) is 4.31 Å². The Morgan fingerprint density at radius 2 is 1.70 bits per heavy atom. The predicted molar refractivity (Wildman–Crippen MR) is 81.7 cm³/mol. The van der Waals surface area contributed by atoms with Crippen molar-refractivity contribution in [2.45, 2.75) is 58.0 Å².